The van der Waals surface area contributed by atoms with E-state index in [2.05, 4.69) is 81.5 Å². The van der Waals surface area contributed by atoms with E-state index >= 15 is 0 Å². The zero-order chi connectivity index (χ0) is 54.3. The highest BCUT2D eigenvalue weighted by Gasteiger charge is 2.19. The second-order valence-corrected chi connectivity index (χ2v) is 22.0. The summed E-state index contributed by atoms with van der Waals surface area (Å²) in [6, 6.07) is 0. The summed E-state index contributed by atoms with van der Waals surface area (Å²) in [5.41, 5.74) is 0. The van der Waals surface area contributed by atoms with Crippen molar-refractivity contribution in [3.8, 4) is 0 Å². The van der Waals surface area contributed by atoms with Gasteiger partial charge in [-0.15, -0.1) is 0 Å². The first-order valence-corrected chi connectivity index (χ1v) is 32.8. The second-order valence-electron chi connectivity index (χ2n) is 22.0. The Hall–Kier alpha value is -2.89. The second kappa shape index (κ2) is 63.6. The Morgan fingerprint density at radius 1 is 0.267 bits per heavy atom. The van der Waals surface area contributed by atoms with Crippen molar-refractivity contribution < 1.29 is 28.6 Å². The highest BCUT2D eigenvalue weighted by Crippen LogP contribution is 2.17. The molecule has 0 spiro atoms. The van der Waals surface area contributed by atoms with Crippen molar-refractivity contribution in [3.05, 3.63) is 60.8 Å². The van der Waals surface area contributed by atoms with E-state index in [0.717, 1.165) is 83.5 Å². The van der Waals surface area contributed by atoms with Crippen LogP contribution in [0.1, 0.15) is 342 Å². The quantitative estimate of drug-likeness (QED) is 0.0261. The van der Waals surface area contributed by atoms with Crippen LogP contribution in [0, 0.1) is 0 Å². The summed E-state index contributed by atoms with van der Waals surface area (Å²) in [4.78, 5) is 38.4. The molecule has 6 heteroatoms. The molecule has 0 saturated heterocycles. The minimum absolute atomic E-state index is 0.0818. The molecule has 0 unspecified atom stereocenters. The van der Waals surface area contributed by atoms with Crippen LogP contribution in [0.15, 0.2) is 60.8 Å². The summed E-state index contributed by atoms with van der Waals surface area (Å²) in [7, 11) is 0. The summed E-state index contributed by atoms with van der Waals surface area (Å²) in [6.07, 6.45) is 80.8. The van der Waals surface area contributed by atoms with Crippen molar-refractivity contribution in [3.63, 3.8) is 0 Å². The van der Waals surface area contributed by atoms with Gasteiger partial charge in [0, 0.05) is 19.3 Å². The van der Waals surface area contributed by atoms with E-state index in [1.165, 1.54) is 218 Å². The van der Waals surface area contributed by atoms with Gasteiger partial charge < -0.3 is 14.2 Å². The minimum atomic E-state index is -0.788. The van der Waals surface area contributed by atoms with Crippen molar-refractivity contribution in [1.29, 1.82) is 0 Å². The Bertz CT molecular complexity index is 1340. The minimum Gasteiger partial charge on any atom is -0.462 e. The van der Waals surface area contributed by atoms with Gasteiger partial charge in [-0.3, -0.25) is 14.4 Å². The summed E-state index contributed by atoms with van der Waals surface area (Å²) in [6.45, 7) is 6.63. The summed E-state index contributed by atoms with van der Waals surface area (Å²) in [5.74, 6) is -0.896. The molecule has 6 nitrogen and oxygen atoms in total. The van der Waals surface area contributed by atoms with Crippen LogP contribution >= 0.6 is 0 Å². The van der Waals surface area contributed by atoms with Gasteiger partial charge in [0.15, 0.2) is 6.10 Å². The third-order valence-corrected chi connectivity index (χ3v) is 14.5. The third-order valence-electron chi connectivity index (χ3n) is 14.5. The summed E-state index contributed by atoms with van der Waals surface area (Å²) >= 11 is 0. The molecular weight excluding hydrogens is 925 g/mol. The van der Waals surface area contributed by atoms with Crippen LogP contribution < -0.4 is 0 Å². The maximum atomic E-state index is 12.9. The fourth-order valence-electron chi connectivity index (χ4n) is 9.54. The van der Waals surface area contributed by atoms with Gasteiger partial charge in [-0.05, 0) is 89.9 Å². The lowest BCUT2D eigenvalue weighted by Crippen LogP contribution is -2.30. The zero-order valence-corrected chi connectivity index (χ0v) is 50.1. The number of hydrogen-bond donors (Lipinski definition) is 0. The fraction of sp³-hybridized carbons (Fsp3) is 0.812. The molecule has 0 aliphatic heterocycles. The van der Waals surface area contributed by atoms with E-state index < -0.39 is 6.10 Å². The number of rotatable bonds is 60. The van der Waals surface area contributed by atoms with Crippen LogP contribution in [0.3, 0.4) is 0 Å². The molecule has 0 aromatic heterocycles. The first kappa shape index (κ1) is 72.1. The molecule has 0 fully saturated rings. The Labute approximate surface area is 466 Å². The predicted molar refractivity (Wildman–Crippen MR) is 325 cm³/mol. The van der Waals surface area contributed by atoms with Gasteiger partial charge in [-0.2, -0.15) is 0 Å². The molecule has 0 aromatic rings. The molecule has 1 atom stereocenters. The lowest BCUT2D eigenvalue weighted by atomic mass is 10.0. The molecule has 0 aromatic carbocycles. The van der Waals surface area contributed by atoms with Gasteiger partial charge in [-0.1, -0.05) is 293 Å². The molecule has 0 bridgehead atoms. The number of hydrogen-bond acceptors (Lipinski definition) is 6. The molecule has 0 aliphatic rings. The molecule has 0 amide bonds. The topological polar surface area (TPSA) is 78.9 Å². The number of unbranched alkanes of at least 4 members (excludes halogenated alkanes) is 39. The molecule has 0 radical (unpaired) electrons. The highest BCUT2D eigenvalue weighted by atomic mass is 16.6. The van der Waals surface area contributed by atoms with Crippen LogP contribution in [0.2, 0.25) is 0 Å². The van der Waals surface area contributed by atoms with Crippen molar-refractivity contribution in [2.75, 3.05) is 13.2 Å². The molecule has 75 heavy (non-hydrogen) atoms. The highest BCUT2D eigenvalue weighted by molar-refractivity contribution is 5.71. The summed E-state index contributed by atoms with van der Waals surface area (Å²) < 4.78 is 16.9. The van der Waals surface area contributed by atoms with Crippen molar-refractivity contribution in [2.45, 2.75) is 348 Å². The monoisotopic (exact) mass is 1050 g/mol. The molecule has 0 saturated carbocycles. The zero-order valence-electron chi connectivity index (χ0n) is 50.1. The fourth-order valence-corrected chi connectivity index (χ4v) is 9.54. The predicted octanol–water partition coefficient (Wildman–Crippen LogP) is 22.3. The Balaban J connectivity index is 4.40. The average Bonchev–Trinajstić information content (AvgIpc) is 3.41. The van der Waals surface area contributed by atoms with Gasteiger partial charge in [0.1, 0.15) is 13.2 Å². The van der Waals surface area contributed by atoms with Crippen LogP contribution in [0.4, 0.5) is 0 Å². The normalized spacial score (nSPS) is 12.4. The molecule has 0 N–H and O–H groups in total. The van der Waals surface area contributed by atoms with Crippen molar-refractivity contribution >= 4 is 17.9 Å². The van der Waals surface area contributed by atoms with Gasteiger partial charge in [0.25, 0.3) is 0 Å². The van der Waals surface area contributed by atoms with E-state index in [1.807, 2.05) is 0 Å². The first-order valence-electron chi connectivity index (χ1n) is 32.8. The lowest BCUT2D eigenvalue weighted by molar-refractivity contribution is -0.167. The standard InChI is InChI=1S/C69H124O6/c1-4-7-10-13-16-19-22-25-28-31-34-37-40-43-46-49-52-55-58-61-67(70)73-64-66(75-69(72)63-60-57-54-51-48-45-42-39-36-33-30-27-24-21-18-15-12-9-6-3)65-74-68(71)62-59-56-53-50-47-44-41-38-35-32-29-26-23-20-17-14-11-8-5-2/h16,19,25,27-28,30,34,37,43,46,66H,4-15,17-18,20-24,26,29,31-33,35-36,38-42,44-45,47-65H2,1-3H3/b19-16-,28-25-,30-27-,37-34-,46-43-/t66-/m0/s1. The van der Waals surface area contributed by atoms with Crippen LogP contribution in [0.5, 0.6) is 0 Å². The van der Waals surface area contributed by atoms with Crippen LogP contribution in [-0.4, -0.2) is 37.2 Å². The van der Waals surface area contributed by atoms with E-state index in [4.69, 9.17) is 14.2 Å². The maximum Gasteiger partial charge on any atom is 0.306 e. The average molecular weight is 1050 g/mol. The number of esters is 3. The van der Waals surface area contributed by atoms with E-state index in [9.17, 15) is 14.4 Å². The van der Waals surface area contributed by atoms with Crippen LogP contribution in [-0.2, 0) is 28.6 Å². The molecule has 0 aliphatic carbocycles. The number of carbonyl (C=O) groups is 3. The molecule has 0 heterocycles. The van der Waals surface area contributed by atoms with Gasteiger partial charge >= 0.3 is 17.9 Å². The van der Waals surface area contributed by atoms with E-state index in [0.29, 0.717) is 19.3 Å². The Kier molecular flexibility index (Phi) is 61.2. The third kappa shape index (κ3) is 61.8. The van der Waals surface area contributed by atoms with Gasteiger partial charge in [-0.25, -0.2) is 0 Å². The van der Waals surface area contributed by atoms with E-state index in [1.54, 1.807) is 0 Å². The Morgan fingerprint density at radius 2 is 0.480 bits per heavy atom. The SMILES string of the molecule is CCCCC/C=C\C/C=C\C/C=C\C/C=C\CCCCCC(=O)OC[C@@H](COC(=O)CCCCCCCCCCCCCCCCCCCCC)OC(=O)CCCCCCCCCCC/C=C\CCCCCCCC. The molecular formula is C69H124O6. The van der Waals surface area contributed by atoms with E-state index in [-0.39, 0.29) is 31.1 Å². The van der Waals surface area contributed by atoms with Crippen molar-refractivity contribution in [1.82, 2.24) is 0 Å². The van der Waals surface area contributed by atoms with Crippen molar-refractivity contribution in [2.24, 2.45) is 0 Å². The summed E-state index contributed by atoms with van der Waals surface area (Å²) in [5, 5.41) is 0. The Morgan fingerprint density at radius 3 is 0.800 bits per heavy atom. The first-order chi connectivity index (χ1) is 37.0. The van der Waals surface area contributed by atoms with Crippen LogP contribution in [0.25, 0.3) is 0 Å². The largest absolute Gasteiger partial charge is 0.462 e. The lowest BCUT2D eigenvalue weighted by Gasteiger charge is -2.18. The van der Waals surface area contributed by atoms with Gasteiger partial charge in [0.2, 0.25) is 0 Å². The van der Waals surface area contributed by atoms with Gasteiger partial charge in [0.05, 0.1) is 0 Å². The molecule has 436 valence electrons. The number of ether oxygens (including phenoxy) is 3. The molecule has 0 rings (SSSR count). The smallest absolute Gasteiger partial charge is 0.306 e. The maximum absolute atomic E-state index is 12.9. The number of carbonyl (C=O) groups excluding carboxylic acids is 3. The number of allylic oxidation sites excluding steroid dienone is 10.